The van der Waals surface area contributed by atoms with Gasteiger partial charge in [-0.2, -0.15) is 0 Å². The SMILES string of the molecule is CCc1cccc(C)c1Nc1ncc(C(=O)N2CCCCCC2)cn1. The molecule has 132 valence electrons. The fourth-order valence-electron chi connectivity index (χ4n) is 3.27. The lowest BCUT2D eigenvalue weighted by Crippen LogP contribution is -2.32. The van der Waals surface area contributed by atoms with Crippen molar-refractivity contribution in [2.45, 2.75) is 46.0 Å². The summed E-state index contributed by atoms with van der Waals surface area (Å²) in [6.45, 7) is 5.87. The maximum absolute atomic E-state index is 12.6. The van der Waals surface area contributed by atoms with Crippen molar-refractivity contribution in [2.75, 3.05) is 18.4 Å². The zero-order valence-electron chi connectivity index (χ0n) is 15.1. The van der Waals surface area contributed by atoms with Crippen LogP contribution in [0.1, 0.15) is 54.1 Å². The molecule has 0 saturated carbocycles. The molecular formula is C20H26N4O. The molecule has 0 radical (unpaired) electrons. The molecule has 1 amide bonds. The number of benzene rings is 1. The van der Waals surface area contributed by atoms with Gasteiger partial charge in [0.2, 0.25) is 5.95 Å². The summed E-state index contributed by atoms with van der Waals surface area (Å²) in [5.41, 5.74) is 4.01. The second-order valence-electron chi connectivity index (χ2n) is 6.59. The van der Waals surface area contributed by atoms with Crippen molar-refractivity contribution in [3.8, 4) is 0 Å². The minimum Gasteiger partial charge on any atom is -0.339 e. The van der Waals surface area contributed by atoms with Crippen molar-refractivity contribution in [2.24, 2.45) is 0 Å². The summed E-state index contributed by atoms with van der Waals surface area (Å²) < 4.78 is 0. The normalized spacial score (nSPS) is 14.9. The summed E-state index contributed by atoms with van der Waals surface area (Å²) in [5.74, 6) is 0.565. The summed E-state index contributed by atoms with van der Waals surface area (Å²) in [6, 6.07) is 6.23. The number of hydrogen-bond donors (Lipinski definition) is 1. The average molecular weight is 338 g/mol. The fourth-order valence-corrected chi connectivity index (χ4v) is 3.27. The van der Waals surface area contributed by atoms with E-state index in [9.17, 15) is 4.79 Å². The van der Waals surface area contributed by atoms with Gasteiger partial charge in [-0.3, -0.25) is 4.79 Å². The first-order chi connectivity index (χ1) is 12.2. The quantitative estimate of drug-likeness (QED) is 0.911. The zero-order chi connectivity index (χ0) is 17.6. The second kappa shape index (κ2) is 8.10. The van der Waals surface area contributed by atoms with Crippen LogP contribution < -0.4 is 5.32 Å². The van der Waals surface area contributed by atoms with Gasteiger partial charge in [-0.1, -0.05) is 38.0 Å². The number of nitrogens with zero attached hydrogens (tertiary/aromatic N) is 3. The number of aryl methyl sites for hydroxylation is 2. The molecule has 0 spiro atoms. The van der Waals surface area contributed by atoms with E-state index in [0.717, 1.165) is 43.6 Å². The highest BCUT2D eigenvalue weighted by atomic mass is 16.2. The maximum atomic E-state index is 12.6. The van der Waals surface area contributed by atoms with Crippen LogP contribution >= 0.6 is 0 Å². The molecule has 1 N–H and O–H groups in total. The van der Waals surface area contributed by atoms with Gasteiger partial charge in [0.25, 0.3) is 5.91 Å². The van der Waals surface area contributed by atoms with Crippen LogP contribution in [0.15, 0.2) is 30.6 Å². The molecule has 1 aromatic carbocycles. The van der Waals surface area contributed by atoms with E-state index in [0.29, 0.717) is 11.5 Å². The van der Waals surface area contributed by atoms with E-state index in [1.54, 1.807) is 12.4 Å². The van der Waals surface area contributed by atoms with Crippen molar-refractivity contribution in [1.29, 1.82) is 0 Å². The highest BCUT2D eigenvalue weighted by Gasteiger charge is 2.18. The minimum absolute atomic E-state index is 0.0404. The van der Waals surface area contributed by atoms with E-state index >= 15 is 0 Å². The van der Waals surface area contributed by atoms with E-state index in [1.165, 1.54) is 18.4 Å². The molecule has 3 rings (SSSR count). The van der Waals surface area contributed by atoms with Crippen LogP contribution in [0.25, 0.3) is 0 Å². The van der Waals surface area contributed by atoms with E-state index in [1.807, 2.05) is 4.90 Å². The Morgan fingerprint density at radius 3 is 2.44 bits per heavy atom. The molecule has 5 heteroatoms. The van der Waals surface area contributed by atoms with Gasteiger partial charge in [0, 0.05) is 31.2 Å². The fraction of sp³-hybridized carbons (Fsp3) is 0.450. The van der Waals surface area contributed by atoms with Gasteiger partial charge in [-0.25, -0.2) is 9.97 Å². The Morgan fingerprint density at radius 2 is 1.80 bits per heavy atom. The second-order valence-corrected chi connectivity index (χ2v) is 6.59. The van der Waals surface area contributed by atoms with Gasteiger partial charge < -0.3 is 10.2 Å². The molecule has 1 aromatic heterocycles. The summed E-state index contributed by atoms with van der Waals surface area (Å²) in [6.07, 6.45) is 8.78. The number of amides is 1. The molecule has 0 aliphatic carbocycles. The highest BCUT2D eigenvalue weighted by Crippen LogP contribution is 2.23. The number of carbonyl (C=O) groups excluding carboxylic acids is 1. The molecule has 2 heterocycles. The first kappa shape index (κ1) is 17.4. The van der Waals surface area contributed by atoms with Crippen molar-refractivity contribution in [3.63, 3.8) is 0 Å². The molecule has 1 aliphatic rings. The molecule has 0 atom stereocenters. The van der Waals surface area contributed by atoms with Crippen molar-refractivity contribution in [3.05, 3.63) is 47.3 Å². The molecule has 1 aliphatic heterocycles. The lowest BCUT2D eigenvalue weighted by atomic mass is 10.1. The van der Waals surface area contributed by atoms with E-state index in [2.05, 4.69) is 47.3 Å². The van der Waals surface area contributed by atoms with Crippen molar-refractivity contribution >= 4 is 17.5 Å². The predicted molar refractivity (Wildman–Crippen MR) is 100 cm³/mol. The van der Waals surface area contributed by atoms with E-state index in [-0.39, 0.29) is 5.91 Å². The molecular weight excluding hydrogens is 312 g/mol. The van der Waals surface area contributed by atoms with Gasteiger partial charge >= 0.3 is 0 Å². The van der Waals surface area contributed by atoms with Crippen LogP contribution in [0.3, 0.4) is 0 Å². The number of carbonyl (C=O) groups is 1. The topological polar surface area (TPSA) is 58.1 Å². The van der Waals surface area contributed by atoms with Crippen LogP contribution in [-0.2, 0) is 6.42 Å². The molecule has 1 saturated heterocycles. The zero-order valence-corrected chi connectivity index (χ0v) is 15.1. The van der Waals surface area contributed by atoms with Crippen LogP contribution in [0.5, 0.6) is 0 Å². The Balaban J connectivity index is 1.73. The van der Waals surface area contributed by atoms with Crippen LogP contribution in [0.4, 0.5) is 11.6 Å². The number of likely N-dealkylation sites (tertiary alicyclic amines) is 1. The van der Waals surface area contributed by atoms with Crippen LogP contribution in [0.2, 0.25) is 0 Å². The monoisotopic (exact) mass is 338 g/mol. The predicted octanol–water partition coefficient (Wildman–Crippen LogP) is 4.11. The van der Waals surface area contributed by atoms with E-state index < -0.39 is 0 Å². The summed E-state index contributed by atoms with van der Waals surface area (Å²) in [5, 5.41) is 3.30. The Labute approximate surface area is 149 Å². The summed E-state index contributed by atoms with van der Waals surface area (Å²) >= 11 is 0. The van der Waals surface area contributed by atoms with Gasteiger partial charge in [0.1, 0.15) is 0 Å². The third-order valence-electron chi connectivity index (χ3n) is 4.77. The minimum atomic E-state index is 0.0404. The first-order valence-corrected chi connectivity index (χ1v) is 9.16. The first-order valence-electron chi connectivity index (χ1n) is 9.16. The Kier molecular flexibility index (Phi) is 5.64. The van der Waals surface area contributed by atoms with Crippen LogP contribution in [-0.4, -0.2) is 33.9 Å². The van der Waals surface area contributed by atoms with E-state index in [4.69, 9.17) is 0 Å². The maximum Gasteiger partial charge on any atom is 0.256 e. The number of anilines is 2. The number of nitrogens with one attached hydrogen (secondary N) is 1. The van der Waals surface area contributed by atoms with Crippen molar-refractivity contribution in [1.82, 2.24) is 14.9 Å². The molecule has 0 unspecified atom stereocenters. The van der Waals surface area contributed by atoms with Gasteiger partial charge in [0.15, 0.2) is 0 Å². The molecule has 2 aromatic rings. The Bertz CT molecular complexity index is 719. The lowest BCUT2D eigenvalue weighted by Gasteiger charge is -2.20. The molecule has 1 fully saturated rings. The van der Waals surface area contributed by atoms with Crippen molar-refractivity contribution < 1.29 is 4.79 Å². The average Bonchev–Trinajstić information content (AvgIpc) is 2.93. The standard InChI is InChI=1S/C20H26N4O/c1-3-16-10-8-9-15(2)18(16)23-20-21-13-17(14-22-20)19(25)24-11-6-4-5-7-12-24/h8-10,13-14H,3-7,11-12H2,1-2H3,(H,21,22,23). The van der Waals surface area contributed by atoms with Gasteiger partial charge in [-0.05, 0) is 37.3 Å². The number of aromatic nitrogens is 2. The third-order valence-corrected chi connectivity index (χ3v) is 4.77. The van der Waals surface area contributed by atoms with Gasteiger partial charge in [-0.15, -0.1) is 0 Å². The summed E-state index contributed by atoms with van der Waals surface area (Å²) in [7, 11) is 0. The molecule has 5 nitrogen and oxygen atoms in total. The largest absolute Gasteiger partial charge is 0.339 e. The third kappa shape index (κ3) is 4.16. The number of rotatable bonds is 4. The number of para-hydroxylation sites is 1. The molecule has 25 heavy (non-hydrogen) atoms. The van der Waals surface area contributed by atoms with Crippen LogP contribution in [0, 0.1) is 6.92 Å². The van der Waals surface area contributed by atoms with Gasteiger partial charge in [0.05, 0.1) is 5.56 Å². The highest BCUT2D eigenvalue weighted by molar-refractivity contribution is 5.93. The Hall–Kier alpha value is -2.43. The lowest BCUT2D eigenvalue weighted by molar-refractivity contribution is 0.0761. The smallest absolute Gasteiger partial charge is 0.256 e. The summed E-state index contributed by atoms with van der Waals surface area (Å²) in [4.78, 5) is 23.2. The molecule has 0 bridgehead atoms. The Morgan fingerprint density at radius 1 is 1.12 bits per heavy atom. The number of hydrogen-bond acceptors (Lipinski definition) is 4.